The molecule has 3 rings (SSSR count). The van der Waals surface area contributed by atoms with Gasteiger partial charge in [0, 0.05) is 30.1 Å². The van der Waals surface area contributed by atoms with Gasteiger partial charge in [-0.3, -0.25) is 9.78 Å². The number of fused-ring (bicyclic) bond motifs is 1. The molecule has 2 heterocycles. The Morgan fingerprint density at radius 3 is 2.38 bits per heavy atom. The number of aromatic nitrogens is 1. The van der Waals surface area contributed by atoms with Crippen LogP contribution in [-0.2, 0) is 17.8 Å². The number of aromatic hydroxyl groups is 1. The molecular weight excluding hydrogens is 496 g/mol. The Hall–Kier alpha value is -3.34. The molecule has 5 nitrogen and oxygen atoms in total. The Kier molecular flexibility index (Phi) is 11.2. The van der Waals surface area contributed by atoms with E-state index in [1.807, 2.05) is 39.0 Å². The molecule has 0 bridgehead atoms. The van der Waals surface area contributed by atoms with E-state index in [0.717, 1.165) is 84.9 Å². The number of carbonyl (C=O) groups excluding carboxylic acids is 1. The average Bonchev–Trinajstić information content (AvgIpc) is 2.94. The van der Waals surface area contributed by atoms with Crippen LogP contribution in [0.15, 0.2) is 59.5 Å². The molecule has 5 heteroatoms. The van der Waals surface area contributed by atoms with Gasteiger partial charge in [-0.05, 0) is 128 Å². The zero-order valence-corrected chi connectivity index (χ0v) is 25.6. The van der Waals surface area contributed by atoms with Crippen LogP contribution in [0.25, 0.3) is 0 Å². The molecule has 1 aromatic carbocycles. The number of phenols is 1. The molecule has 0 fully saturated rings. The number of amides is 1. The number of allylic oxidation sites excluding steroid dienone is 5. The summed E-state index contributed by atoms with van der Waals surface area (Å²) < 4.78 is 6.58. The lowest BCUT2D eigenvalue weighted by atomic mass is 9.85. The number of phenolic OH excluding ortho intramolecular Hbond substituents is 1. The summed E-state index contributed by atoms with van der Waals surface area (Å²) in [6, 6.07) is 3.83. The zero-order chi connectivity index (χ0) is 29.3. The van der Waals surface area contributed by atoms with E-state index in [1.165, 1.54) is 16.7 Å². The van der Waals surface area contributed by atoms with E-state index in [0.29, 0.717) is 12.3 Å². The van der Waals surface area contributed by atoms with Crippen LogP contribution < -0.4 is 10.1 Å². The first kappa shape index (κ1) is 31.2. The molecular formula is C35H48N2O3. The quantitative estimate of drug-likeness (QED) is 0.208. The van der Waals surface area contributed by atoms with Crippen molar-refractivity contribution in [2.24, 2.45) is 0 Å². The van der Waals surface area contributed by atoms with E-state index >= 15 is 0 Å². The minimum Gasteiger partial charge on any atom is -0.507 e. The highest BCUT2D eigenvalue weighted by Gasteiger charge is 2.33. The fraction of sp³-hybridized carbons (Fsp3) is 0.486. The second kappa shape index (κ2) is 14.3. The van der Waals surface area contributed by atoms with Crippen molar-refractivity contribution in [2.75, 3.05) is 0 Å². The summed E-state index contributed by atoms with van der Waals surface area (Å²) in [6.45, 7) is 15.0. The third-order valence-corrected chi connectivity index (χ3v) is 8.31. The van der Waals surface area contributed by atoms with Gasteiger partial charge in [-0.15, -0.1) is 0 Å². The summed E-state index contributed by atoms with van der Waals surface area (Å²) in [7, 11) is 0. The smallest absolute Gasteiger partial charge is 0.246 e. The van der Waals surface area contributed by atoms with Crippen LogP contribution in [0.4, 0.5) is 0 Å². The molecule has 2 N–H and O–H groups in total. The Morgan fingerprint density at radius 2 is 1.70 bits per heavy atom. The van der Waals surface area contributed by atoms with Crippen LogP contribution in [0.3, 0.4) is 0 Å². The number of hydrogen-bond donors (Lipinski definition) is 2. The summed E-state index contributed by atoms with van der Waals surface area (Å²) in [6.07, 6.45) is 18.0. The lowest BCUT2D eigenvalue weighted by molar-refractivity contribution is -0.117. The Morgan fingerprint density at radius 1 is 1.02 bits per heavy atom. The fourth-order valence-corrected chi connectivity index (χ4v) is 5.28. The van der Waals surface area contributed by atoms with Gasteiger partial charge in [-0.2, -0.15) is 0 Å². The first-order valence-corrected chi connectivity index (χ1v) is 14.7. The molecule has 0 unspecified atom stereocenters. The van der Waals surface area contributed by atoms with E-state index in [-0.39, 0.29) is 11.5 Å². The van der Waals surface area contributed by atoms with Gasteiger partial charge in [0.15, 0.2) is 0 Å². The highest BCUT2D eigenvalue weighted by molar-refractivity contribution is 5.92. The highest BCUT2D eigenvalue weighted by Crippen LogP contribution is 2.44. The zero-order valence-electron chi connectivity index (χ0n) is 25.6. The predicted octanol–water partition coefficient (Wildman–Crippen LogP) is 8.29. The second-order valence-electron chi connectivity index (χ2n) is 11.7. The number of pyridine rings is 1. The fourth-order valence-electron chi connectivity index (χ4n) is 5.28. The lowest BCUT2D eigenvalue weighted by Crippen LogP contribution is -2.37. The average molecular weight is 545 g/mol. The maximum Gasteiger partial charge on any atom is 0.246 e. The molecule has 0 radical (unpaired) electrons. The van der Waals surface area contributed by atoms with E-state index in [1.54, 1.807) is 12.4 Å². The van der Waals surface area contributed by atoms with Crippen molar-refractivity contribution in [3.8, 4) is 11.5 Å². The number of nitrogens with zero attached hydrogens (tertiary/aromatic N) is 1. The number of rotatable bonds is 12. The van der Waals surface area contributed by atoms with E-state index in [2.05, 4.69) is 50.1 Å². The molecule has 216 valence electrons. The molecule has 40 heavy (non-hydrogen) atoms. The molecule has 0 saturated heterocycles. The number of nitrogens with one attached hydrogen (secondary N) is 1. The van der Waals surface area contributed by atoms with Crippen LogP contribution in [0, 0.1) is 20.8 Å². The summed E-state index contributed by atoms with van der Waals surface area (Å²) in [5, 5.41) is 13.4. The van der Waals surface area contributed by atoms with E-state index in [4.69, 9.17) is 4.74 Å². The monoisotopic (exact) mass is 544 g/mol. The van der Waals surface area contributed by atoms with Gasteiger partial charge in [0.25, 0.3) is 0 Å². The Bertz CT molecular complexity index is 1270. The third-order valence-electron chi connectivity index (χ3n) is 8.31. The maximum atomic E-state index is 12.3. The van der Waals surface area contributed by atoms with Crippen molar-refractivity contribution in [3.05, 3.63) is 87.3 Å². The van der Waals surface area contributed by atoms with Crippen molar-refractivity contribution in [3.63, 3.8) is 0 Å². The summed E-state index contributed by atoms with van der Waals surface area (Å²) in [5.74, 6) is 1.37. The van der Waals surface area contributed by atoms with Crippen molar-refractivity contribution in [1.29, 1.82) is 0 Å². The van der Waals surface area contributed by atoms with Gasteiger partial charge >= 0.3 is 0 Å². The summed E-state index contributed by atoms with van der Waals surface area (Å²) >= 11 is 0. The molecule has 0 aliphatic carbocycles. The van der Waals surface area contributed by atoms with Crippen molar-refractivity contribution >= 4 is 5.91 Å². The molecule has 1 aromatic heterocycles. The topological polar surface area (TPSA) is 71.5 Å². The van der Waals surface area contributed by atoms with Crippen LogP contribution in [0.5, 0.6) is 11.5 Å². The van der Waals surface area contributed by atoms with Crippen LogP contribution in [0.1, 0.15) is 100 Å². The van der Waals surface area contributed by atoms with Crippen molar-refractivity contribution in [1.82, 2.24) is 10.3 Å². The number of hydrogen-bond acceptors (Lipinski definition) is 4. The number of carbonyl (C=O) groups is 1. The first-order valence-electron chi connectivity index (χ1n) is 14.7. The van der Waals surface area contributed by atoms with Crippen molar-refractivity contribution in [2.45, 2.75) is 112 Å². The molecule has 2 aromatic rings. The molecule has 1 aliphatic rings. The van der Waals surface area contributed by atoms with Gasteiger partial charge in [-0.1, -0.05) is 35.4 Å². The molecule has 1 aliphatic heterocycles. The number of ether oxygens (including phenoxy) is 1. The largest absolute Gasteiger partial charge is 0.507 e. The van der Waals surface area contributed by atoms with Crippen LogP contribution >= 0.6 is 0 Å². The molecule has 1 amide bonds. The van der Waals surface area contributed by atoms with Crippen LogP contribution in [0.2, 0.25) is 0 Å². The molecule has 0 saturated carbocycles. The van der Waals surface area contributed by atoms with Gasteiger partial charge in [-0.25, -0.2) is 0 Å². The van der Waals surface area contributed by atoms with Gasteiger partial charge in [0.05, 0.1) is 0 Å². The van der Waals surface area contributed by atoms with Gasteiger partial charge < -0.3 is 15.2 Å². The SMILES string of the molecule is C/C(=C\CC/C(C)=C/CC[C@]1(C)CCc2c(C)c(O)c(C)c(C)c2O1)CC/C=C(\C)C(=O)NCc1cccnc1. The summed E-state index contributed by atoms with van der Waals surface area (Å²) in [5.41, 5.74) is 8.47. The van der Waals surface area contributed by atoms with Gasteiger partial charge in [0.2, 0.25) is 5.91 Å². The lowest BCUT2D eigenvalue weighted by Gasteiger charge is -2.38. The third kappa shape index (κ3) is 8.58. The van der Waals surface area contributed by atoms with Crippen LogP contribution in [-0.4, -0.2) is 21.6 Å². The maximum absolute atomic E-state index is 12.3. The number of benzene rings is 1. The molecule has 1 atom stereocenters. The first-order chi connectivity index (χ1) is 19.0. The standard InChI is InChI=1S/C35H48N2O3/c1-24(14-9-16-26(3)34(39)37-23-30-17-11-21-36-22-30)12-8-13-25(2)15-10-19-35(7)20-18-31-29(6)32(38)27(4)28(5)33(31)40-35/h11-12,15-17,21-22,38H,8-10,13-14,18-20,23H2,1-7H3,(H,37,39)/b24-12+,25-15+,26-16+/t35-/m1/s1. The Balaban J connectivity index is 1.39. The van der Waals surface area contributed by atoms with E-state index < -0.39 is 0 Å². The minimum absolute atomic E-state index is 0.0254. The van der Waals surface area contributed by atoms with Crippen molar-refractivity contribution < 1.29 is 14.6 Å². The Labute approximate surface area is 241 Å². The predicted molar refractivity (Wildman–Crippen MR) is 165 cm³/mol. The van der Waals surface area contributed by atoms with E-state index in [9.17, 15) is 9.90 Å². The highest BCUT2D eigenvalue weighted by atomic mass is 16.5. The minimum atomic E-state index is -0.178. The normalized spacial score (nSPS) is 17.8. The summed E-state index contributed by atoms with van der Waals surface area (Å²) in [4.78, 5) is 16.4. The van der Waals surface area contributed by atoms with Gasteiger partial charge in [0.1, 0.15) is 17.1 Å². The molecule has 0 spiro atoms. The second-order valence-corrected chi connectivity index (χ2v) is 11.7.